The summed E-state index contributed by atoms with van der Waals surface area (Å²) in [6.07, 6.45) is 4.91. The largest absolute Gasteiger partial charge is 0.497 e. The molecule has 1 aromatic carbocycles. The Hall–Kier alpha value is -2.83. The Labute approximate surface area is 147 Å². The molecular formula is C18H23N5O2. The molecule has 2 aromatic rings. The van der Waals surface area contributed by atoms with Gasteiger partial charge in [-0.25, -0.2) is 4.98 Å². The predicted molar refractivity (Wildman–Crippen MR) is 97.1 cm³/mol. The molecule has 1 amide bonds. The highest BCUT2D eigenvalue weighted by molar-refractivity contribution is 5.81. The van der Waals surface area contributed by atoms with Gasteiger partial charge >= 0.3 is 0 Å². The van der Waals surface area contributed by atoms with Crippen LogP contribution in [0.2, 0.25) is 0 Å². The zero-order chi connectivity index (χ0) is 17.6. The highest BCUT2D eigenvalue weighted by Gasteiger charge is 2.22. The van der Waals surface area contributed by atoms with Crippen molar-refractivity contribution in [3.8, 4) is 5.75 Å². The number of anilines is 2. The number of ether oxygens (including phenoxy) is 1. The van der Waals surface area contributed by atoms with Gasteiger partial charge in [0, 0.05) is 57.4 Å². The first kappa shape index (κ1) is 17.0. The normalized spacial score (nSPS) is 14.3. The Morgan fingerprint density at radius 3 is 2.72 bits per heavy atom. The first-order valence-corrected chi connectivity index (χ1v) is 8.31. The highest BCUT2D eigenvalue weighted by atomic mass is 16.5. The fourth-order valence-electron chi connectivity index (χ4n) is 2.89. The van der Waals surface area contributed by atoms with Gasteiger partial charge in [-0.15, -0.1) is 0 Å². The second-order valence-corrected chi connectivity index (χ2v) is 5.99. The summed E-state index contributed by atoms with van der Waals surface area (Å²) >= 11 is 0. The molecular weight excluding hydrogens is 318 g/mol. The third kappa shape index (κ3) is 4.17. The van der Waals surface area contributed by atoms with Crippen LogP contribution in [0.3, 0.4) is 0 Å². The van der Waals surface area contributed by atoms with Crippen LogP contribution in [-0.2, 0) is 4.79 Å². The molecule has 0 unspecified atom stereocenters. The van der Waals surface area contributed by atoms with E-state index < -0.39 is 0 Å². The Morgan fingerprint density at radius 1 is 1.24 bits per heavy atom. The topological polar surface area (TPSA) is 61.8 Å². The van der Waals surface area contributed by atoms with Gasteiger partial charge in [-0.05, 0) is 12.1 Å². The van der Waals surface area contributed by atoms with E-state index in [0.29, 0.717) is 25.5 Å². The molecule has 7 heteroatoms. The molecule has 0 atom stereocenters. The van der Waals surface area contributed by atoms with Gasteiger partial charge < -0.3 is 19.4 Å². The fourth-order valence-corrected chi connectivity index (χ4v) is 2.89. The summed E-state index contributed by atoms with van der Waals surface area (Å²) in [6, 6.07) is 8.02. The van der Waals surface area contributed by atoms with Crippen LogP contribution in [-0.4, -0.2) is 67.7 Å². The number of hydrogen-bond acceptors (Lipinski definition) is 6. The summed E-state index contributed by atoms with van der Waals surface area (Å²) in [5.41, 5.74) is 1.13. The zero-order valence-electron chi connectivity index (χ0n) is 14.6. The van der Waals surface area contributed by atoms with Crippen molar-refractivity contribution in [2.45, 2.75) is 0 Å². The van der Waals surface area contributed by atoms with Crippen molar-refractivity contribution < 1.29 is 9.53 Å². The van der Waals surface area contributed by atoms with E-state index in [1.807, 2.05) is 35.0 Å². The van der Waals surface area contributed by atoms with Crippen molar-refractivity contribution in [3.05, 3.63) is 42.9 Å². The lowest BCUT2D eigenvalue weighted by Gasteiger charge is -2.36. The summed E-state index contributed by atoms with van der Waals surface area (Å²) in [7, 11) is 3.53. The van der Waals surface area contributed by atoms with Gasteiger partial charge in [0.2, 0.25) is 5.91 Å². The zero-order valence-corrected chi connectivity index (χ0v) is 14.6. The number of hydrogen-bond donors (Lipinski definition) is 0. The van der Waals surface area contributed by atoms with E-state index in [0.717, 1.165) is 24.5 Å². The lowest BCUT2D eigenvalue weighted by atomic mass is 10.2. The van der Waals surface area contributed by atoms with Gasteiger partial charge in [0.05, 0.1) is 19.9 Å². The monoisotopic (exact) mass is 341 g/mol. The number of amides is 1. The maximum Gasteiger partial charge on any atom is 0.242 e. The van der Waals surface area contributed by atoms with E-state index in [2.05, 4.69) is 20.9 Å². The van der Waals surface area contributed by atoms with Crippen LogP contribution in [0.25, 0.3) is 0 Å². The second-order valence-electron chi connectivity index (χ2n) is 5.99. The highest BCUT2D eigenvalue weighted by Crippen LogP contribution is 2.22. The van der Waals surface area contributed by atoms with E-state index in [-0.39, 0.29) is 5.91 Å². The number of benzene rings is 1. The first-order chi connectivity index (χ1) is 12.2. The van der Waals surface area contributed by atoms with Crippen LogP contribution in [0.1, 0.15) is 0 Å². The minimum absolute atomic E-state index is 0.110. The van der Waals surface area contributed by atoms with E-state index in [4.69, 9.17) is 4.74 Å². The number of methoxy groups -OCH3 is 1. The average Bonchev–Trinajstić information content (AvgIpc) is 2.68. The van der Waals surface area contributed by atoms with Gasteiger partial charge in [0.15, 0.2) is 0 Å². The smallest absolute Gasteiger partial charge is 0.242 e. The molecule has 0 spiro atoms. The minimum Gasteiger partial charge on any atom is -0.497 e. The molecule has 0 aliphatic carbocycles. The summed E-state index contributed by atoms with van der Waals surface area (Å²) in [6.45, 7) is 3.36. The molecule has 0 saturated carbocycles. The summed E-state index contributed by atoms with van der Waals surface area (Å²) < 4.78 is 5.28. The summed E-state index contributed by atoms with van der Waals surface area (Å²) in [5, 5.41) is 0. The molecule has 1 aliphatic heterocycles. The molecule has 0 N–H and O–H groups in total. The van der Waals surface area contributed by atoms with E-state index >= 15 is 0 Å². The van der Waals surface area contributed by atoms with Gasteiger partial charge in [-0.3, -0.25) is 9.78 Å². The number of nitrogens with zero attached hydrogens (tertiary/aromatic N) is 5. The van der Waals surface area contributed by atoms with Crippen LogP contribution < -0.4 is 14.5 Å². The van der Waals surface area contributed by atoms with Crippen LogP contribution in [0.15, 0.2) is 42.9 Å². The molecule has 25 heavy (non-hydrogen) atoms. The lowest BCUT2D eigenvalue weighted by molar-refractivity contribution is -0.129. The number of aromatic nitrogens is 2. The lowest BCUT2D eigenvalue weighted by Crippen LogP contribution is -2.51. The van der Waals surface area contributed by atoms with Gasteiger partial charge in [0.25, 0.3) is 0 Å². The quantitative estimate of drug-likeness (QED) is 0.816. The average molecular weight is 341 g/mol. The van der Waals surface area contributed by atoms with E-state index in [1.54, 1.807) is 25.7 Å². The van der Waals surface area contributed by atoms with Gasteiger partial charge in [-0.2, -0.15) is 0 Å². The van der Waals surface area contributed by atoms with Crippen molar-refractivity contribution in [2.75, 3.05) is 56.7 Å². The van der Waals surface area contributed by atoms with E-state index in [9.17, 15) is 4.79 Å². The Morgan fingerprint density at radius 2 is 2.04 bits per heavy atom. The maximum atomic E-state index is 12.5. The van der Waals surface area contributed by atoms with E-state index in [1.165, 1.54) is 0 Å². The Balaban J connectivity index is 1.54. The molecule has 1 saturated heterocycles. The number of likely N-dealkylation sites (N-methyl/N-ethyl adjacent to an activating group) is 1. The van der Waals surface area contributed by atoms with Crippen molar-refractivity contribution in [1.82, 2.24) is 14.9 Å². The third-order valence-corrected chi connectivity index (χ3v) is 4.36. The van der Waals surface area contributed by atoms with Gasteiger partial charge in [0.1, 0.15) is 11.6 Å². The summed E-state index contributed by atoms with van der Waals surface area (Å²) in [5.74, 6) is 1.66. The van der Waals surface area contributed by atoms with Crippen LogP contribution in [0.4, 0.5) is 11.5 Å². The minimum atomic E-state index is 0.110. The Kier molecular flexibility index (Phi) is 5.33. The molecule has 2 heterocycles. The molecule has 1 aliphatic rings. The van der Waals surface area contributed by atoms with Crippen LogP contribution in [0.5, 0.6) is 5.75 Å². The standard InChI is InChI=1S/C18H23N5O2/c1-21(17-13-19-6-7-20-17)14-18(24)23-10-8-22(9-11-23)15-4-3-5-16(12-15)25-2/h3-7,12-13H,8-11,14H2,1-2H3. The summed E-state index contributed by atoms with van der Waals surface area (Å²) in [4.78, 5) is 26.8. The molecule has 1 aromatic heterocycles. The molecule has 3 rings (SSSR count). The van der Waals surface area contributed by atoms with Crippen molar-refractivity contribution in [1.29, 1.82) is 0 Å². The number of rotatable bonds is 5. The Bertz CT molecular complexity index is 702. The number of piperazine rings is 1. The van der Waals surface area contributed by atoms with Gasteiger partial charge in [-0.1, -0.05) is 6.07 Å². The number of carbonyl (C=O) groups is 1. The van der Waals surface area contributed by atoms with Crippen molar-refractivity contribution in [3.63, 3.8) is 0 Å². The van der Waals surface area contributed by atoms with Crippen LogP contribution in [0, 0.1) is 0 Å². The first-order valence-electron chi connectivity index (χ1n) is 8.31. The molecule has 1 fully saturated rings. The third-order valence-electron chi connectivity index (χ3n) is 4.36. The predicted octanol–water partition coefficient (Wildman–Crippen LogP) is 1.27. The SMILES string of the molecule is COc1cccc(N2CCN(C(=O)CN(C)c3cnccn3)CC2)c1. The molecule has 7 nitrogen and oxygen atoms in total. The molecule has 0 radical (unpaired) electrons. The van der Waals surface area contributed by atoms with Crippen molar-refractivity contribution in [2.24, 2.45) is 0 Å². The van der Waals surface area contributed by atoms with Crippen molar-refractivity contribution >= 4 is 17.4 Å². The molecule has 0 bridgehead atoms. The fraction of sp³-hybridized carbons (Fsp3) is 0.389. The van der Waals surface area contributed by atoms with Crippen LogP contribution >= 0.6 is 0 Å². The molecule has 132 valence electrons. The number of carbonyl (C=O) groups excluding carboxylic acids is 1. The second kappa shape index (κ2) is 7.83. The maximum absolute atomic E-state index is 12.5.